The van der Waals surface area contributed by atoms with Crippen LogP contribution in [-0.4, -0.2) is 40.9 Å². The molecule has 0 spiro atoms. The summed E-state index contributed by atoms with van der Waals surface area (Å²) in [6.07, 6.45) is -0.878. The van der Waals surface area contributed by atoms with Crippen molar-refractivity contribution < 1.29 is 19.1 Å². The van der Waals surface area contributed by atoms with Crippen LogP contribution >= 0.6 is 11.3 Å². The van der Waals surface area contributed by atoms with Crippen LogP contribution in [0.15, 0.2) is 6.07 Å². The summed E-state index contributed by atoms with van der Waals surface area (Å²) >= 11 is 1.16. The summed E-state index contributed by atoms with van der Waals surface area (Å²) in [6.45, 7) is 16.5. The lowest BCUT2D eigenvalue weighted by Crippen LogP contribution is -2.47. The first-order valence-electron chi connectivity index (χ1n) is 9.20. The molecule has 7 heteroatoms. The average Bonchev–Trinajstić information content (AvgIpc) is 2.85. The zero-order chi connectivity index (χ0) is 21.1. The third-order valence-electron chi connectivity index (χ3n) is 4.02. The van der Waals surface area contributed by atoms with E-state index >= 15 is 0 Å². The molecule has 0 aliphatic rings. The van der Waals surface area contributed by atoms with Gasteiger partial charge < -0.3 is 15.0 Å². The van der Waals surface area contributed by atoms with E-state index in [9.17, 15) is 14.4 Å². The topological polar surface area (TPSA) is 75.7 Å². The van der Waals surface area contributed by atoms with Gasteiger partial charge in [-0.2, -0.15) is 0 Å². The fourth-order valence-corrected chi connectivity index (χ4v) is 3.58. The molecule has 152 valence electrons. The molecule has 0 bridgehead atoms. The van der Waals surface area contributed by atoms with Crippen LogP contribution in [0, 0.1) is 12.3 Å². The second-order valence-electron chi connectivity index (χ2n) is 8.31. The van der Waals surface area contributed by atoms with E-state index in [1.807, 2.05) is 48.5 Å². The number of aryl methyl sites for hydroxylation is 1. The van der Waals surface area contributed by atoms with E-state index in [-0.39, 0.29) is 23.9 Å². The van der Waals surface area contributed by atoms with E-state index in [4.69, 9.17) is 4.74 Å². The number of nitrogens with one attached hydrogen (secondary N) is 1. The number of carbonyl (C=O) groups is 3. The van der Waals surface area contributed by atoms with Crippen molar-refractivity contribution in [1.29, 1.82) is 0 Å². The van der Waals surface area contributed by atoms with E-state index in [1.165, 1.54) is 0 Å². The molecule has 27 heavy (non-hydrogen) atoms. The molecule has 1 heterocycles. The molecule has 0 aliphatic carbocycles. The predicted molar refractivity (Wildman–Crippen MR) is 109 cm³/mol. The number of thiophene rings is 1. The lowest BCUT2D eigenvalue weighted by atomic mass is 9.96. The number of rotatable bonds is 6. The van der Waals surface area contributed by atoms with Crippen LogP contribution in [0.1, 0.15) is 70.6 Å². The van der Waals surface area contributed by atoms with E-state index in [1.54, 1.807) is 24.8 Å². The molecule has 0 fully saturated rings. The maximum Gasteiger partial charge on any atom is 0.349 e. The Morgan fingerprint density at radius 1 is 1.07 bits per heavy atom. The van der Waals surface area contributed by atoms with Crippen molar-refractivity contribution >= 4 is 34.1 Å². The van der Waals surface area contributed by atoms with Crippen LogP contribution in [0.5, 0.6) is 0 Å². The van der Waals surface area contributed by atoms with Gasteiger partial charge in [-0.25, -0.2) is 4.79 Å². The zero-order valence-electron chi connectivity index (χ0n) is 17.8. The smallest absolute Gasteiger partial charge is 0.349 e. The minimum atomic E-state index is -0.878. The van der Waals surface area contributed by atoms with Crippen LogP contribution < -0.4 is 5.32 Å². The van der Waals surface area contributed by atoms with Crippen LogP contribution in [0.2, 0.25) is 0 Å². The standard InChI is InChI=1S/C20H32N2O4S/c1-11(2)22(12(3)4)17(23)14(6)26-18(24)16-13(5)10-15(27-16)21-19(25)20(7,8)9/h10-12,14H,1-9H3,(H,21,25). The normalized spacial score (nSPS) is 12.9. The monoisotopic (exact) mass is 396 g/mol. The Kier molecular flexibility index (Phi) is 7.60. The predicted octanol–water partition coefficient (Wildman–Crippen LogP) is 4.23. The van der Waals surface area contributed by atoms with Crippen LogP contribution in [0.3, 0.4) is 0 Å². The van der Waals surface area contributed by atoms with Gasteiger partial charge in [0, 0.05) is 17.5 Å². The van der Waals surface area contributed by atoms with E-state index in [0.29, 0.717) is 15.4 Å². The summed E-state index contributed by atoms with van der Waals surface area (Å²) in [6, 6.07) is 1.77. The van der Waals surface area contributed by atoms with Gasteiger partial charge in [0.1, 0.15) is 4.88 Å². The Bertz CT molecular complexity index is 693. The van der Waals surface area contributed by atoms with Gasteiger partial charge in [-0.05, 0) is 53.2 Å². The molecule has 1 N–H and O–H groups in total. The first-order chi connectivity index (χ1) is 12.3. The highest BCUT2D eigenvalue weighted by atomic mass is 32.1. The van der Waals surface area contributed by atoms with Crippen molar-refractivity contribution in [2.75, 3.05) is 5.32 Å². The summed E-state index contributed by atoms with van der Waals surface area (Å²) in [5, 5.41) is 3.41. The fourth-order valence-electron chi connectivity index (χ4n) is 2.63. The largest absolute Gasteiger partial charge is 0.448 e. The van der Waals surface area contributed by atoms with Gasteiger partial charge in [0.25, 0.3) is 5.91 Å². The van der Waals surface area contributed by atoms with Crippen molar-refractivity contribution in [3.63, 3.8) is 0 Å². The highest BCUT2D eigenvalue weighted by Crippen LogP contribution is 2.29. The Balaban J connectivity index is 2.88. The van der Waals surface area contributed by atoms with Crippen molar-refractivity contribution in [3.05, 3.63) is 16.5 Å². The number of nitrogens with zero attached hydrogens (tertiary/aromatic N) is 1. The molecule has 1 aromatic heterocycles. The minimum Gasteiger partial charge on any atom is -0.448 e. The van der Waals surface area contributed by atoms with Crippen molar-refractivity contribution in [2.24, 2.45) is 5.41 Å². The highest BCUT2D eigenvalue weighted by molar-refractivity contribution is 7.18. The van der Waals surface area contributed by atoms with Gasteiger partial charge in [0.05, 0.1) is 5.00 Å². The van der Waals surface area contributed by atoms with E-state index in [2.05, 4.69) is 5.32 Å². The SMILES string of the molecule is Cc1cc(NC(=O)C(C)(C)C)sc1C(=O)OC(C)C(=O)N(C(C)C)C(C)C. The van der Waals surface area contributed by atoms with Crippen molar-refractivity contribution in [2.45, 2.75) is 80.5 Å². The number of hydrogen-bond acceptors (Lipinski definition) is 5. The molecule has 0 saturated carbocycles. The van der Waals surface area contributed by atoms with Gasteiger partial charge in [-0.3, -0.25) is 9.59 Å². The van der Waals surface area contributed by atoms with Crippen LogP contribution in [0.4, 0.5) is 5.00 Å². The van der Waals surface area contributed by atoms with E-state index in [0.717, 1.165) is 11.3 Å². The lowest BCUT2D eigenvalue weighted by Gasteiger charge is -2.32. The first kappa shape index (κ1) is 23.1. The summed E-state index contributed by atoms with van der Waals surface area (Å²) in [7, 11) is 0. The maximum atomic E-state index is 12.6. The fraction of sp³-hybridized carbons (Fsp3) is 0.650. The van der Waals surface area contributed by atoms with Gasteiger partial charge in [0.15, 0.2) is 6.10 Å². The number of carbonyl (C=O) groups excluding carboxylic acids is 3. The van der Waals surface area contributed by atoms with E-state index < -0.39 is 17.5 Å². The molecule has 1 rings (SSSR count). The molecular weight excluding hydrogens is 364 g/mol. The summed E-state index contributed by atoms with van der Waals surface area (Å²) in [4.78, 5) is 39.4. The van der Waals surface area contributed by atoms with Gasteiger partial charge >= 0.3 is 5.97 Å². The number of anilines is 1. The molecule has 0 saturated heterocycles. The van der Waals surface area contributed by atoms with Crippen molar-refractivity contribution in [3.8, 4) is 0 Å². The van der Waals surface area contributed by atoms with Gasteiger partial charge in [-0.15, -0.1) is 11.3 Å². The Labute approximate surface area is 166 Å². The second kappa shape index (κ2) is 8.87. The molecule has 1 atom stereocenters. The highest BCUT2D eigenvalue weighted by Gasteiger charge is 2.29. The number of amides is 2. The molecule has 2 amide bonds. The molecule has 6 nitrogen and oxygen atoms in total. The Morgan fingerprint density at radius 2 is 1.59 bits per heavy atom. The number of ether oxygens (including phenoxy) is 1. The molecular formula is C20H32N2O4S. The first-order valence-corrected chi connectivity index (χ1v) is 10.0. The lowest BCUT2D eigenvalue weighted by molar-refractivity contribution is -0.143. The summed E-state index contributed by atoms with van der Waals surface area (Å²) in [5.74, 6) is -0.900. The number of hydrogen-bond donors (Lipinski definition) is 1. The molecule has 1 aromatic rings. The van der Waals surface area contributed by atoms with Crippen molar-refractivity contribution in [1.82, 2.24) is 4.90 Å². The molecule has 0 aromatic carbocycles. The second-order valence-corrected chi connectivity index (χ2v) is 9.36. The van der Waals surface area contributed by atoms with Crippen LogP contribution in [-0.2, 0) is 14.3 Å². The quantitative estimate of drug-likeness (QED) is 0.730. The molecule has 1 unspecified atom stereocenters. The Hall–Kier alpha value is -1.89. The van der Waals surface area contributed by atoms with Crippen LogP contribution in [0.25, 0.3) is 0 Å². The average molecular weight is 397 g/mol. The number of esters is 1. The molecule has 0 aliphatic heterocycles. The van der Waals surface area contributed by atoms with Gasteiger partial charge in [0.2, 0.25) is 5.91 Å². The zero-order valence-corrected chi connectivity index (χ0v) is 18.6. The third-order valence-corrected chi connectivity index (χ3v) is 5.15. The minimum absolute atomic E-state index is 0.0151. The Morgan fingerprint density at radius 3 is 2.04 bits per heavy atom. The third kappa shape index (κ3) is 6.06. The summed E-state index contributed by atoms with van der Waals surface area (Å²) < 4.78 is 5.41. The summed E-state index contributed by atoms with van der Waals surface area (Å²) in [5.41, 5.74) is 0.176. The maximum absolute atomic E-state index is 12.6. The molecule has 0 radical (unpaired) electrons. The van der Waals surface area contributed by atoms with Gasteiger partial charge in [-0.1, -0.05) is 20.8 Å².